The van der Waals surface area contributed by atoms with Crippen molar-refractivity contribution in [1.29, 1.82) is 0 Å². The molecule has 2 heteroatoms. The predicted octanol–water partition coefficient (Wildman–Crippen LogP) is 0.727. The van der Waals surface area contributed by atoms with Gasteiger partial charge in [-0.3, -0.25) is 5.32 Å². The van der Waals surface area contributed by atoms with Gasteiger partial charge in [-0.25, -0.2) is 0 Å². The van der Waals surface area contributed by atoms with E-state index in [1.165, 1.54) is 12.8 Å². The average Bonchev–Trinajstić information content (AvgIpc) is 2.81. The molecular weight excluding hydrogens is 148 g/mol. The molecule has 0 aromatic carbocycles. The molecule has 0 saturated heterocycles. The summed E-state index contributed by atoms with van der Waals surface area (Å²) in [5, 5.41) is 3.34. The van der Waals surface area contributed by atoms with Gasteiger partial charge in [0.15, 0.2) is 0 Å². The standard InChI is InChI=1S/C10H18N2/c1-4-7-12-10(3,8-11)9(2)5-6-9/h1,12H,5-8,11H2,2-3H3. The van der Waals surface area contributed by atoms with E-state index in [0.29, 0.717) is 18.5 Å². The molecule has 1 aliphatic carbocycles. The van der Waals surface area contributed by atoms with Crippen molar-refractivity contribution in [2.24, 2.45) is 11.1 Å². The van der Waals surface area contributed by atoms with Crippen LogP contribution < -0.4 is 11.1 Å². The average molecular weight is 166 g/mol. The van der Waals surface area contributed by atoms with Crippen LogP contribution >= 0.6 is 0 Å². The van der Waals surface area contributed by atoms with E-state index in [2.05, 4.69) is 25.1 Å². The first-order valence-electron chi connectivity index (χ1n) is 4.46. The molecule has 0 aromatic rings. The van der Waals surface area contributed by atoms with Gasteiger partial charge in [0.05, 0.1) is 6.54 Å². The van der Waals surface area contributed by atoms with Crippen LogP contribution in [0.4, 0.5) is 0 Å². The van der Waals surface area contributed by atoms with Crippen molar-refractivity contribution in [3.8, 4) is 12.3 Å². The van der Waals surface area contributed by atoms with Gasteiger partial charge in [-0.15, -0.1) is 6.42 Å². The fraction of sp³-hybridized carbons (Fsp3) is 0.800. The van der Waals surface area contributed by atoms with Gasteiger partial charge in [0.2, 0.25) is 0 Å². The largest absolute Gasteiger partial charge is 0.329 e. The molecule has 1 atom stereocenters. The van der Waals surface area contributed by atoms with E-state index in [1.807, 2.05) is 0 Å². The van der Waals surface area contributed by atoms with Crippen molar-refractivity contribution in [1.82, 2.24) is 5.32 Å². The number of hydrogen-bond donors (Lipinski definition) is 2. The summed E-state index contributed by atoms with van der Waals surface area (Å²) in [6, 6.07) is 0. The Morgan fingerprint density at radius 1 is 1.67 bits per heavy atom. The Bertz CT molecular complexity index is 200. The third-order valence-corrected chi connectivity index (χ3v) is 3.32. The lowest BCUT2D eigenvalue weighted by molar-refractivity contribution is 0.242. The molecular formula is C10H18N2. The van der Waals surface area contributed by atoms with E-state index in [9.17, 15) is 0 Å². The molecule has 0 amide bonds. The second-order valence-electron chi connectivity index (χ2n) is 4.15. The van der Waals surface area contributed by atoms with Crippen LogP contribution in [0.5, 0.6) is 0 Å². The van der Waals surface area contributed by atoms with Crippen molar-refractivity contribution in [2.45, 2.75) is 32.2 Å². The summed E-state index contributed by atoms with van der Waals surface area (Å²) in [5.41, 5.74) is 6.14. The predicted molar refractivity (Wildman–Crippen MR) is 51.6 cm³/mol. The van der Waals surface area contributed by atoms with E-state index in [-0.39, 0.29) is 5.54 Å². The highest BCUT2D eigenvalue weighted by molar-refractivity contribution is 5.09. The molecule has 1 saturated carbocycles. The third-order valence-electron chi connectivity index (χ3n) is 3.32. The molecule has 3 N–H and O–H groups in total. The summed E-state index contributed by atoms with van der Waals surface area (Å²) in [4.78, 5) is 0. The molecule has 1 aliphatic rings. The van der Waals surface area contributed by atoms with E-state index in [1.54, 1.807) is 0 Å². The highest BCUT2D eigenvalue weighted by Crippen LogP contribution is 2.53. The SMILES string of the molecule is C#CCNC(C)(CN)C1(C)CC1. The maximum Gasteiger partial charge on any atom is 0.0578 e. The van der Waals surface area contributed by atoms with Crippen LogP contribution in [0.25, 0.3) is 0 Å². The zero-order valence-corrected chi connectivity index (χ0v) is 7.98. The minimum Gasteiger partial charge on any atom is -0.329 e. The number of nitrogens with one attached hydrogen (secondary N) is 1. The molecule has 0 bridgehead atoms. The Kier molecular flexibility index (Phi) is 2.46. The molecule has 1 fully saturated rings. The first kappa shape index (κ1) is 9.57. The maximum absolute atomic E-state index is 5.74. The topological polar surface area (TPSA) is 38.0 Å². The van der Waals surface area contributed by atoms with Gasteiger partial charge < -0.3 is 5.73 Å². The van der Waals surface area contributed by atoms with Crippen LogP contribution in [-0.2, 0) is 0 Å². The van der Waals surface area contributed by atoms with Crippen LogP contribution in [0.1, 0.15) is 26.7 Å². The lowest BCUT2D eigenvalue weighted by Gasteiger charge is -2.35. The molecule has 1 rings (SSSR count). The first-order valence-corrected chi connectivity index (χ1v) is 4.46. The summed E-state index contributed by atoms with van der Waals surface area (Å²) in [6.07, 6.45) is 7.73. The Hall–Kier alpha value is -0.520. The van der Waals surface area contributed by atoms with Gasteiger partial charge in [-0.05, 0) is 25.2 Å². The molecule has 0 spiro atoms. The summed E-state index contributed by atoms with van der Waals surface area (Å²) in [6.45, 7) is 5.70. The molecule has 0 aliphatic heterocycles. The van der Waals surface area contributed by atoms with E-state index in [4.69, 9.17) is 12.2 Å². The molecule has 1 unspecified atom stereocenters. The number of rotatable bonds is 4. The van der Waals surface area contributed by atoms with Crippen LogP contribution in [0.3, 0.4) is 0 Å². The number of hydrogen-bond acceptors (Lipinski definition) is 2. The fourth-order valence-electron chi connectivity index (χ4n) is 1.52. The Morgan fingerprint density at radius 3 is 2.58 bits per heavy atom. The summed E-state index contributed by atoms with van der Waals surface area (Å²) < 4.78 is 0. The van der Waals surface area contributed by atoms with Gasteiger partial charge >= 0.3 is 0 Å². The lowest BCUT2D eigenvalue weighted by Crippen LogP contribution is -2.54. The molecule has 12 heavy (non-hydrogen) atoms. The normalized spacial score (nSPS) is 24.2. The molecule has 68 valence electrons. The highest BCUT2D eigenvalue weighted by Gasteiger charge is 2.51. The van der Waals surface area contributed by atoms with E-state index in [0.717, 1.165) is 0 Å². The summed E-state index contributed by atoms with van der Waals surface area (Å²) in [7, 11) is 0. The van der Waals surface area contributed by atoms with Crippen molar-refractivity contribution in [2.75, 3.05) is 13.1 Å². The summed E-state index contributed by atoms with van der Waals surface area (Å²) in [5.74, 6) is 2.59. The molecule has 0 aromatic heterocycles. The Labute approximate surface area is 74.9 Å². The Morgan fingerprint density at radius 2 is 2.25 bits per heavy atom. The van der Waals surface area contributed by atoms with Gasteiger partial charge in [0.1, 0.15) is 0 Å². The van der Waals surface area contributed by atoms with Crippen molar-refractivity contribution < 1.29 is 0 Å². The molecule has 0 heterocycles. The van der Waals surface area contributed by atoms with Gasteiger partial charge in [0.25, 0.3) is 0 Å². The zero-order valence-electron chi connectivity index (χ0n) is 7.98. The minimum absolute atomic E-state index is 0.0272. The quantitative estimate of drug-likeness (QED) is 0.604. The minimum atomic E-state index is 0.0272. The van der Waals surface area contributed by atoms with Crippen LogP contribution in [0, 0.1) is 17.8 Å². The second kappa shape index (κ2) is 3.08. The Balaban J connectivity index is 2.57. The maximum atomic E-state index is 5.74. The van der Waals surface area contributed by atoms with E-state index < -0.39 is 0 Å². The first-order chi connectivity index (χ1) is 5.58. The van der Waals surface area contributed by atoms with Gasteiger partial charge in [0, 0.05) is 12.1 Å². The van der Waals surface area contributed by atoms with Crippen LogP contribution in [-0.4, -0.2) is 18.6 Å². The smallest absolute Gasteiger partial charge is 0.0578 e. The monoisotopic (exact) mass is 166 g/mol. The molecule has 2 nitrogen and oxygen atoms in total. The van der Waals surface area contributed by atoms with Gasteiger partial charge in [-0.1, -0.05) is 12.8 Å². The fourth-order valence-corrected chi connectivity index (χ4v) is 1.52. The molecule has 0 radical (unpaired) electrons. The zero-order chi connectivity index (χ0) is 9.24. The number of nitrogens with two attached hydrogens (primary N) is 1. The van der Waals surface area contributed by atoms with Crippen molar-refractivity contribution in [3.05, 3.63) is 0 Å². The number of terminal acetylenes is 1. The van der Waals surface area contributed by atoms with Crippen LogP contribution in [0.15, 0.2) is 0 Å². The third kappa shape index (κ3) is 1.48. The van der Waals surface area contributed by atoms with Gasteiger partial charge in [-0.2, -0.15) is 0 Å². The lowest BCUT2D eigenvalue weighted by atomic mass is 9.84. The van der Waals surface area contributed by atoms with E-state index >= 15 is 0 Å². The van der Waals surface area contributed by atoms with Crippen molar-refractivity contribution >= 4 is 0 Å². The highest BCUT2D eigenvalue weighted by atomic mass is 15.0. The second-order valence-corrected chi connectivity index (χ2v) is 4.15. The van der Waals surface area contributed by atoms with Crippen molar-refractivity contribution in [3.63, 3.8) is 0 Å². The summed E-state index contributed by atoms with van der Waals surface area (Å²) >= 11 is 0. The van der Waals surface area contributed by atoms with Crippen LogP contribution in [0.2, 0.25) is 0 Å².